The molecule has 0 aliphatic carbocycles. The van der Waals surface area contributed by atoms with Crippen molar-refractivity contribution in [2.24, 2.45) is 0 Å². The van der Waals surface area contributed by atoms with Crippen molar-refractivity contribution >= 4 is 44.8 Å². The molecule has 11 heteroatoms. The van der Waals surface area contributed by atoms with Crippen molar-refractivity contribution in [3.63, 3.8) is 0 Å². The molecule has 3 aromatic carbocycles. The van der Waals surface area contributed by atoms with Crippen molar-refractivity contribution in [1.29, 1.82) is 0 Å². The zero-order valence-corrected chi connectivity index (χ0v) is 19.6. The molecule has 1 atom stereocenters. The van der Waals surface area contributed by atoms with Crippen LogP contribution >= 0.6 is 23.2 Å². The van der Waals surface area contributed by atoms with Gasteiger partial charge >= 0.3 is 6.18 Å². The van der Waals surface area contributed by atoms with Crippen LogP contribution < -0.4 is 5.32 Å². The van der Waals surface area contributed by atoms with Gasteiger partial charge in [0.2, 0.25) is 15.9 Å². The molecule has 0 spiro atoms. The second-order valence-electron chi connectivity index (χ2n) is 7.67. The fraction of sp³-hybridized carbons (Fsp3) is 0.174. The summed E-state index contributed by atoms with van der Waals surface area (Å²) >= 11 is 11.6. The Balaban J connectivity index is 1.74. The van der Waals surface area contributed by atoms with E-state index in [1.165, 1.54) is 30.3 Å². The van der Waals surface area contributed by atoms with Crippen LogP contribution in [0.15, 0.2) is 71.6 Å². The largest absolute Gasteiger partial charge is 0.418 e. The minimum absolute atomic E-state index is 0.0102. The number of nitrogens with one attached hydrogen (secondary N) is 1. The van der Waals surface area contributed by atoms with Crippen molar-refractivity contribution in [3.05, 3.63) is 93.5 Å². The third-order valence-corrected chi connectivity index (χ3v) is 7.83. The number of fused-ring (bicyclic) bond motifs is 1. The molecule has 0 bridgehead atoms. The number of sulfonamides is 1. The molecule has 0 unspecified atom stereocenters. The van der Waals surface area contributed by atoms with E-state index in [9.17, 15) is 26.4 Å². The van der Waals surface area contributed by atoms with E-state index in [1.807, 2.05) is 0 Å². The van der Waals surface area contributed by atoms with Gasteiger partial charge in [-0.05, 0) is 60.0 Å². The lowest BCUT2D eigenvalue weighted by Crippen LogP contribution is -2.50. The molecule has 0 fully saturated rings. The molecule has 0 aromatic heterocycles. The van der Waals surface area contributed by atoms with Crippen LogP contribution in [0.4, 0.5) is 18.9 Å². The summed E-state index contributed by atoms with van der Waals surface area (Å²) in [4.78, 5) is 13.2. The van der Waals surface area contributed by atoms with Gasteiger partial charge in [-0.15, -0.1) is 0 Å². The maximum atomic E-state index is 13.5. The summed E-state index contributed by atoms with van der Waals surface area (Å²) in [6.07, 6.45) is -4.79. The van der Waals surface area contributed by atoms with Gasteiger partial charge in [0.1, 0.15) is 6.04 Å². The molecule has 1 heterocycles. The molecule has 0 saturated carbocycles. The minimum atomic E-state index is -4.78. The Bertz CT molecular complexity index is 1350. The number of carbonyl (C=O) groups is 1. The normalized spacial score (nSPS) is 16.7. The number of nitrogens with zero attached hydrogens (tertiary/aromatic N) is 1. The first-order valence-electron chi connectivity index (χ1n) is 9.98. The first-order valence-corrected chi connectivity index (χ1v) is 12.2. The molecule has 4 rings (SSSR count). The molecule has 1 aliphatic heterocycles. The molecule has 34 heavy (non-hydrogen) atoms. The minimum Gasteiger partial charge on any atom is -0.324 e. The second kappa shape index (κ2) is 9.22. The molecule has 1 amide bonds. The third kappa shape index (κ3) is 4.93. The van der Waals surface area contributed by atoms with Crippen molar-refractivity contribution in [1.82, 2.24) is 4.31 Å². The first kappa shape index (κ1) is 24.5. The zero-order valence-electron chi connectivity index (χ0n) is 17.3. The lowest BCUT2D eigenvalue weighted by Gasteiger charge is -2.35. The molecular formula is C23H17Cl2F3N2O3S. The van der Waals surface area contributed by atoms with E-state index in [-0.39, 0.29) is 22.9 Å². The summed E-state index contributed by atoms with van der Waals surface area (Å²) in [6.45, 7) is -0.119. The van der Waals surface area contributed by atoms with E-state index < -0.39 is 39.4 Å². The third-order valence-electron chi connectivity index (χ3n) is 5.47. The Kier molecular flexibility index (Phi) is 6.65. The van der Waals surface area contributed by atoms with E-state index in [0.717, 1.165) is 15.9 Å². The summed E-state index contributed by atoms with van der Waals surface area (Å²) < 4.78 is 68.4. The highest BCUT2D eigenvalue weighted by Crippen LogP contribution is 2.37. The number of benzene rings is 3. The van der Waals surface area contributed by atoms with Gasteiger partial charge in [-0.2, -0.15) is 17.5 Å². The number of carbonyl (C=O) groups excluding carboxylic acids is 1. The Morgan fingerprint density at radius 2 is 1.56 bits per heavy atom. The first-order chi connectivity index (χ1) is 16.0. The van der Waals surface area contributed by atoms with Crippen molar-refractivity contribution in [2.45, 2.75) is 30.1 Å². The highest BCUT2D eigenvalue weighted by molar-refractivity contribution is 7.89. The Labute approximate surface area is 204 Å². The van der Waals surface area contributed by atoms with E-state index >= 15 is 0 Å². The van der Waals surface area contributed by atoms with Gasteiger partial charge in [-0.1, -0.05) is 47.5 Å². The monoisotopic (exact) mass is 528 g/mol. The van der Waals surface area contributed by atoms with Crippen LogP contribution in [0.1, 0.15) is 16.7 Å². The SMILES string of the molecule is O=C(Nc1ccc(Cl)cc1C(F)(F)F)[C@@H]1Cc2ccccc2CN1S(=O)(=O)c1ccc(Cl)cc1. The average molecular weight is 529 g/mol. The number of amides is 1. The second-order valence-corrected chi connectivity index (χ2v) is 10.4. The van der Waals surface area contributed by atoms with Gasteiger partial charge in [0, 0.05) is 16.6 Å². The van der Waals surface area contributed by atoms with Crippen LogP contribution in [-0.4, -0.2) is 24.7 Å². The lowest BCUT2D eigenvalue weighted by atomic mass is 9.95. The quantitative estimate of drug-likeness (QED) is 0.467. The number of alkyl halides is 3. The number of hydrogen-bond acceptors (Lipinski definition) is 3. The zero-order chi connectivity index (χ0) is 24.7. The maximum Gasteiger partial charge on any atom is 0.418 e. The molecule has 0 radical (unpaired) electrons. The van der Waals surface area contributed by atoms with Crippen LogP contribution in [-0.2, 0) is 34.0 Å². The van der Waals surface area contributed by atoms with Crippen molar-refractivity contribution in [3.8, 4) is 0 Å². The smallest absolute Gasteiger partial charge is 0.324 e. The van der Waals surface area contributed by atoms with Crippen LogP contribution in [0.3, 0.4) is 0 Å². The summed E-state index contributed by atoms with van der Waals surface area (Å²) in [5.41, 5.74) is -0.204. The van der Waals surface area contributed by atoms with Crippen LogP contribution in [0.25, 0.3) is 0 Å². The highest BCUT2D eigenvalue weighted by atomic mass is 35.5. The van der Waals surface area contributed by atoms with Gasteiger partial charge in [0.05, 0.1) is 16.1 Å². The maximum absolute atomic E-state index is 13.5. The number of halogens is 5. The van der Waals surface area contributed by atoms with Crippen LogP contribution in [0.5, 0.6) is 0 Å². The fourth-order valence-corrected chi connectivity index (χ4v) is 5.66. The Morgan fingerprint density at radius 3 is 2.21 bits per heavy atom. The van der Waals surface area contributed by atoms with Gasteiger partial charge in [0.15, 0.2) is 0 Å². The average Bonchev–Trinajstić information content (AvgIpc) is 2.79. The lowest BCUT2D eigenvalue weighted by molar-refractivity contribution is -0.137. The summed E-state index contributed by atoms with van der Waals surface area (Å²) in [7, 11) is -4.18. The highest BCUT2D eigenvalue weighted by Gasteiger charge is 2.41. The molecule has 3 aromatic rings. The Hall–Kier alpha value is -2.59. The van der Waals surface area contributed by atoms with Crippen LogP contribution in [0.2, 0.25) is 10.0 Å². The van der Waals surface area contributed by atoms with Gasteiger partial charge in [-0.25, -0.2) is 8.42 Å². The topological polar surface area (TPSA) is 66.5 Å². The predicted molar refractivity (Wildman–Crippen MR) is 123 cm³/mol. The van der Waals surface area contributed by atoms with Gasteiger partial charge in [-0.3, -0.25) is 4.79 Å². The molecule has 1 aliphatic rings. The summed E-state index contributed by atoms with van der Waals surface area (Å²) in [5.74, 6) is -0.889. The number of hydrogen-bond donors (Lipinski definition) is 1. The van der Waals surface area contributed by atoms with E-state index in [0.29, 0.717) is 16.7 Å². The Morgan fingerprint density at radius 1 is 0.941 bits per heavy atom. The number of anilines is 1. The van der Waals surface area contributed by atoms with E-state index in [4.69, 9.17) is 23.2 Å². The van der Waals surface area contributed by atoms with E-state index in [1.54, 1.807) is 24.3 Å². The molecule has 1 N–H and O–H groups in total. The van der Waals surface area contributed by atoms with Crippen molar-refractivity contribution in [2.75, 3.05) is 5.32 Å². The van der Waals surface area contributed by atoms with E-state index in [2.05, 4.69) is 5.32 Å². The fourth-order valence-electron chi connectivity index (χ4n) is 3.79. The number of rotatable bonds is 4. The summed E-state index contributed by atoms with van der Waals surface area (Å²) in [6, 6.07) is 14.1. The standard InChI is InChI=1S/C23H17Cl2F3N2O3S/c24-16-5-8-18(9-6-16)34(32,33)30-13-15-4-2-1-3-14(15)11-21(30)22(31)29-20-10-7-17(25)12-19(20)23(26,27)28/h1-10,12,21H,11,13H2,(H,29,31)/t21-/m0/s1. The summed E-state index contributed by atoms with van der Waals surface area (Å²) in [5, 5.41) is 2.45. The van der Waals surface area contributed by atoms with Gasteiger partial charge < -0.3 is 5.32 Å². The van der Waals surface area contributed by atoms with Crippen LogP contribution in [0, 0.1) is 0 Å². The van der Waals surface area contributed by atoms with Gasteiger partial charge in [0.25, 0.3) is 0 Å². The molecule has 0 saturated heterocycles. The predicted octanol–water partition coefficient (Wildman–Crippen LogP) is 5.77. The molecular weight excluding hydrogens is 512 g/mol. The molecule has 178 valence electrons. The van der Waals surface area contributed by atoms with Crippen molar-refractivity contribution < 1.29 is 26.4 Å². The molecule has 5 nitrogen and oxygen atoms in total.